The van der Waals surface area contributed by atoms with Gasteiger partial charge in [0, 0.05) is 51.0 Å². The van der Waals surface area contributed by atoms with Gasteiger partial charge in [-0.1, -0.05) is 36.4 Å². The summed E-state index contributed by atoms with van der Waals surface area (Å²) in [6.07, 6.45) is 2.02. The number of hydrogen-bond donors (Lipinski definition) is 2. The first-order valence-electron chi connectivity index (χ1n) is 13.1. The molecule has 2 aromatic carbocycles. The van der Waals surface area contributed by atoms with Gasteiger partial charge in [0.1, 0.15) is 11.8 Å². The molecule has 2 N–H and O–H groups in total. The number of piperidine rings is 1. The molecule has 0 aliphatic carbocycles. The molecule has 0 radical (unpaired) electrons. The van der Waals surface area contributed by atoms with E-state index in [0.29, 0.717) is 37.8 Å². The molecule has 0 saturated carbocycles. The lowest BCUT2D eigenvalue weighted by atomic mass is 9.99. The molecule has 2 fully saturated rings. The van der Waals surface area contributed by atoms with Crippen molar-refractivity contribution < 1.29 is 33.8 Å². The molecule has 206 valence electrons. The Labute approximate surface area is 226 Å². The third kappa shape index (κ3) is 7.36. The van der Waals surface area contributed by atoms with Crippen LogP contribution in [0.15, 0.2) is 42.5 Å². The summed E-state index contributed by atoms with van der Waals surface area (Å²) in [6.45, 7) is 4.36. The van der Waals surface area contributed by atoms with Crippen LogP contribution in [-0.4, -0.2) is 77.2 Å². The number of imide groups is 1. The molecule has 0 spiro atoms. The molecule has 3 heterocycles. The minimum atomic E-state index is -0.619. The third-order valence-corrected chi connectivity index (χ3v) is 7.18. The number of carbonyl (C=O) groups is 5. The summed E-state index contributed by atoms with van der Waals surface area (Å²) in [5, 5.41) is 9.21. The fraction of sp³-hybridized carbons (Fsp3) is 0.414. The van der Waals surface area contributed by atoms with E-state index >= 15 is 0 Å². The highest BCUT2D eigenvalue weighted by Gasteiger charge is 2.39. The Morgan fingerprint density at radius 2 is 1.79 bits per heavy atom. The van der Waals surface area contributed by atoms with E-state index in [1.807, 2.05) is 24.3 Å². The van der Waals surface area contributed by atoms with Crippen LogP contribution in [0.2, 0.25) is 0 Å². The molecule has 5 rings (SSSR count). The van der Waals surface area contributed by atoms with Gasteiger partial charge in [-0.25, -0.2) is 0 Å². The molecule has 0 aromatic heterocycles. The zero-order valence-corrected chi connectivity index (χ0v) is 21.8. The smallest absolute Gasteiger partial charge is 0.290 e. The van der Waals surface area contributed by atoms with E-state index in [1.165, 1.54) is 5.56 Å². The van der Waals surface area contributed by atoms with Crippen molar-refractivity contribution >= 4 is 30.0 Å². The Morgan fingerprint density at radius 3 is 2.54 bits per heavy atom. The van der Waals surface area contributed by atoms with Crippen LogP contribution >= 0.6 is 0 Å². The van der Waals surface area contributed by atoms with Crippen LogP contribution in [-0.2, 0) is 49.8 Å². The first-order valence-corrected chi connectivity index (χ1v) is 13.1. The lowest BCUT2D eigenvalue weighted by Gasteiger charge is -2.29. The van der Waals surface area contributed by atoms with Gasteiger partial charge in [0.25, 0.3) is 12.4 Å². The van der Waals surface area contributed by atoms with Crippen LogP contribution in [0.4, 0.5) is 0 Å². The highest BCUT2D eigenvalue weighted by molar-refractivity contribution is 6.05. The Hall–Kier alpha value is -3.89. The van der Waals surface area contributed by atoms with Crippen LogP contribution in [0.1, 0.15) is 51.9 Å². The van der Waals surface area contributed by atoms with Gasteiger partial charge < -0.3 is 14.7 Å². The van der Waals surface area contributed by atoms with Crippen molar-refractivity contribution in [2.24, 2.45) is 0 Å². The van der Waals surface area contributed by atoms with Crippen molar-refractivity contribution in [3.8, 4) is 0 Å². The predicted octanol–water partition coefficient (Wildman–Crippen LogP) is 1.73. The molecule has 3 aliphatic heterocycles. The first-order chi connectivity index (χ1) is 18.9. The standard InChI is InChI=1S/C28H31N3O5.CH2O2/c32-23(16-20-2-1-3-21(14-20)17-30-10-12-36-13-11-30)6-4-19-5-7-24-22(15-19)18-31(28(24)35)25-8-9-26(33)29-27(25)34;2-1-3/h1-3,5,7,14-15,25H,4,6,8-13,16-18H2,(H,29,33,34);1H,(H,2,3). The van der Waals surface area contributed by atoms with E-state index < -0.39 is 11.9 Å². The molecule has 10 nitrogen and oxygen atoms in total. The number of ketones is 1. The van der Waals surface area contributed by atoms with Crippen LogP contribution < -0.4 is 5.32 Å². The van der Waals surface area contributed by atoms with E-state index in [4.69, 9.17) is 14.6 Å². The van der Waals surface area contributed by atoms with E-state index in [2.05, 4.69) is 22.3 Å². The SMILES string of the molecule is O=C(CCc1ccc2c(c1)CN(C1CCC(=O)NC1=O)C2=O)Cc1cccc(CN2CCOCC2)c1.O=CO. The number of carboxylic acid groups (broad SMARTS) is 1. The molecule has 10 heteroatoms. The second kappa shape index (κ2) is 13.3. The monoisotopic (exact) mass is 535 g/mol. The summed E-state index contributed by atoms with van der Waals surface area (Å²) >= 11 is 0. The Balaban J connectivity index is 0.00000112. The Bertz CT molecular complexity index is 1240. The zero-order valence-electron chi connectivity index (χ0n) is 21.8. The van der Waals surface area contributed by atoms with E-state index in [0.717, 1.165) is 49.5 Å². The van der Waals surface area contributed by atoms with E-state index in [9.17, 15) is 19.2 Å². The largest absolute Gasteiger partial charge is 0.483 e. The average Bonchev–Trinajstić information content (AvgIpc) is 3.24. The fourth-order valence-electron chi connectivity index (χ4n) is 5.24. The molecule has 1 atom stereocenters. The number of amides is 3. The summed E-state index contributed by atoms with van der Waals surface area (Å²) in [6, 6.07) is 13.3. The molecule has 2 saturated heterocycles. The minimum Gasteiger partial charge on any atom is -0.483 e. The topological polar surface area (TPSA) is 133 Å². The number of nitrogens with one attached hydrogen (secondary N) is 1. The van der Waals surface area contributed by atoms with Crippen molar-refractivity contribution in [3.05, 3.63) is 70.3 Å². The van der Waals surface area contributed by atoms with Crippen molar-refractivity contribution in [1.82, 2.24) is 15.1 Å². The highest BCUT2D eigenvalue weighted by Crippen LogP contribution is 2.28. The van der Waals surface area contributed by atoms with Gasteiger partial charge in [0.05, 0.1) is 13.2 Å². The van der Waals surface area contributed by atoms with Crippen LogP contribution in [0.25, 0.3) is 0 Å². The van der Waals surface area contributed by atoms with Gasteiger partial charge in [-0.15, -0.1) is 0 Å². The summed E-state index contributed by atoms with van der Waals surface area (Å²) < 4.78 is 5.42. The van der Waals surface area contributed by atoms with Gasteiger partial charge in [-0.05, 0) is 41.2 Å². The molecule has 3 amide bonds. The third-order valence-electron chi connectivity index (χ3n) is 7.18. The summed E-state index contributed by atoms with van der Waals surface area (Å²) in [5.74, 6) is -0.706. The van der Waals surface area contributed by atoms with E-state index in [1.54, 1.807) is 11.0 Å². The molecule has 2 aromatic rings. The minimum absolute atomic E-state index is 0.181. The number of aryl methyl sites for hydroxylation is 1. The zero-order chi connectivity index (χ0) is 27.8. The second-order valence-electron chi connectivity index (χ2n) is 9.92. The number of nitrogens with zero attached hydrogens (tertiary/aromatic N) is 2. The fourth-order valence-corrected chi connectivity index (χ4v) is 5.24. The second-order valence-corrected chi connectivity index (χ2v) is 9.92. The molecule has 1 unspecified atom stereocenters. The van der Waals surface area contributed by atoms with Crippen molar-refractivity contribution in [3.63, 3.8) is 0 Å². The van der Waals surface area contributed by atoms with Gasteiger partial charge in [0.2, 0.25) is 11.8 Å². The molecular weight excluding hydrogens is 502 g/mol. The maximum Gasteiger partial charge on any atom is 0.290 e. The average molecular weight is 536 g/mol. The van der Waals surface area contributed by atoms with Crippen molar-refractivity contribution in [2.75, 3.05) is 26.3 Å². The number of ether oxygens (including phenoxy) is 1. The molecule has 39 heavy (non-hydrogen) atoms. The molecule has 3 aliphatic rings. The number of rotatable bonds is 8. The number of carbonyl (C=O) groups excluding carboxylic acids is 4. The maximum absolute atomic E-state index is 12.9. The number of benzene rings is 2. The number of hydrogen-bond acceptors (Lipinski definition) is 7. The van der Waals surface area contributed by atoms with Gasteiger partial charge in [-0.2, -0.15) is 0 Å². The van der Waals surface area contributed by atoms with Crippen LogP contribution in [0.3, 0.4) is 0 Å². The van der Waals surface area contributed by atoms with Gasteiger partial charge in [-0.3, -0.25) is 34.2 Å². The summed E-state index contributed by atoms with van der Waals surface area (Å²) in [5.41, 5.74) is 4.70. The Kier molecular flexibility index (Phi) is 9.56. The number of morpholine rings is 1. The lowest BCUT2D eigenvalue weighted by Crippen LogP contribution is -2.52. The predicted molar refractivity (Wildman–Crippen MR) is 141 cm³/mol. The Morgan fingerprint density at radius 1 is 1.05 bits per heavy atom. The lowest BCUT2D eigenvalue weighted by molar-refractivity contribution is -0.137. The first kappa shape index (κ1) is 28.1. The van der Waals surface area contributed by atoms with Gasteiger partial charge in [0.15, 0.2) is 0 Å². The summed E-state index contributed by atoms with van der Waals surface area (Å²) in [4.78, 5) is 61.5. The number of fused-ring (bicyclic) bond motifs is 1. The summed E-state index contributed by atoms with van der Waals surface area (Å²) in [7, 11) is 0. The van der Waals surface area contributed by atoms with Crippen LogP contribution in [0.5, 0.6) is 0 Å². The quantitative estimate of drug-likeness (QED) is 0.386. The molecular formula is C29H33N3O7. The van der Waals surface area contributed by atoms with Gasteiger partial charge >= 0.3 is 0 Å². The maximum atomic E-state index is 12.9. The van der Waals surface area contributed by atoms with E-state index in [-0.39, 0.29) is 30.5 Å². The van der Waals surface area contributed by atoms with Crippen molar-refractivity contribution in [1.29, 1.82) is 0 Å². The number of Topliss-reactive ketones (excluding diaryl/α,β-unsaturated/α-hetero) is 1. The molecule has 0 bridgehead atoms. The van der Waals surface area contributed by atoms with Crippen LogP contribution in [0, 0.1) is 0 Å². The normalized spacial score (nSPS) is 19.1. The van der Waals surface area contributed by atoms with Crippen molar-refractivity contribution in [2.45, 2.75) is 51.2 Å². The highest BCUT2D eigenvalue weighted by atomic mass is 16.5.